The highest BCUT2D eigenvalue weighted by molar-refractivity contribution is 7.43. The molecule has 328 valence electrons. The van der Waals surface area contributed by atoms with Crippen molar-refractivity contribution in [2.45, 2.75) is 105 Å². The highest BCUT2D eigenvalue weighted by atomic mass is 31.2. The van der Waals surface area contributed by atoms with Crippen molar-refractivity contribution < 1.29 is 32.2 Å². The fourth-order valence-corrected chi connectivity index (χ4v) is 9.67. The molecule has 0 saturated carbocycles. The third-order valence-corrected chi connectivity index (χ3v) is 12.8. The first kappa shape index (κ1) is 45.5. The van der Waals surface area contributed by atoms with Gasteiger partial charge in [0.25, 0.3) is 0 Å². The van der Waals surface area contributed by atoms with Crippen molar-refractivity contribution in [3.8, 4) is 40.2 Å². The Morgan fingerprint density at radius 2 is 0.556 bits per heavy atom. The van der Waals surface area contributed by atoms with E-state index in [1.165, 1.54) is 0 Å². The fraction of sp³-hybridized carbons (Fsp3) is 0.296. The smallest absolute Gasteiger partial charge is 0.506 e. The molecule has 0 unspecified atom stereocenters. The molecule has 7 aromatic carbocycles. The second kappa shape index (κ2) is 17.9. The van der Waals surface area contributed by atoms with Crippen molar-refractivity contribution in [2.24, 2.45) is 0 Å². The Morgan fingerprint density at radius 3 is 0.825 bits per heavy atom. The standard InChI is InChI=1S/C54H60O7P2/c1-51(2,3)38-25-13-17-29-42(38)56-62(57-43-30-18-14-26-39(43)52(4,5)6)60-46-33-21-23-36-35-37-24-22-34-47(49(37)50(55)48(36)46)61-63(58-44-31-19-15-27-40(44)53(7,8)9)59-45-32-20-16-28-41(45)54(10,11)12/h13-35,55H,1-12H3. The van der Waals surface area contributed by atoms with Crippen LogP contribution in [0.5, 0.6) is 40.2 Å². The van der Waals surface area contributed by atoms with Gasteiger partial charge in [-0.05, 0) is 74.9 Å². The summed E-state index contributed by atoms with van der Waals surface area (Å²) in [4.78, 5) is 0. The normalized spacial score (nSPS) is 12.5. The summed E-state index contributed by atoms with van der Waals surface area (Å²) < 4.78 is 40.7. The molecule has 0 saturated heterocycles. The highest BCUT2D eigenvalue weighted by Gasteiger charge is 2.32. The molecule has 1 N–H and O–H groups in total. The van der Waals surface area contributed by atoms with Crippen LogP contribution in [0.4, 0.5) is 0 Å². The molecule has 7 aromatic rings. The van der Waals surface area contributed by atoms with Crippen LogP contribution in [0.3, 0.4) is 0 Å². The predicted molar refractivity (Wildman–Crippen MR) is 261 cm³/mol. The predicted octanol–water partition coefficient (Wildman–Crippen LogP) is 16.4. The van der Waals surface area contributed by atoms with Crippen molar-refractivity contribution in [3.63, 3.8) is 0 Å². The molecule has 0 heterocycles. The molecule has 0 aliphatic carbocycles. The zero-order valence-corrected chi connectivity index (χ0v) is 40.4. The summed E-state index contributed by atoms with van der Waals surface area (Å²) >= 11 is 0. The van der Waals surface area contributed by atoms with Gasteiger partial charge in [-0.3, -0.25) is 0 Å². The maximum absolute atomic E-state index is 12.6. The van der Waals surface area contributed by atoms with E-state index in [1.807, 2.05) is 115 Å². The Morgan fingerprint density at radius 1 is 0.317 bits per heavy atom. The van der Waals surface area contributed by atoms with Gasteiger partial charge in [0.05, 0.1) is 10.8 Å². The Hall–Kier alpha value is -5.48. The SMILES string of the molecule is CC(C)(C)c1ccccc1OP(Oc1ccccc1C(C)(C)C)Oc1cccc2cc3cccc(OP(Oc4ccccc4C(C)(C)C)Oc4ccccc4C(C)(C)C)c3c(O)c12. The van der Waals surface area contributed by atoms with Crippen molar-refractivity contribution in [1.82, 2.24) is 0 Å². The third kappa shape index (κ3) is 10.5. The molecule has 0 aromatic heterocycles. The van der Waals surface area contributed by atoms with Crippen LogP contribution in [-0.4, -0.2) is 5.11 Å². The first-order valence-electron chi connectivity index (χ1n) is 21.4. The molecule has 7 nitrogen and oxygen atoms in total. The second-order valence-electron chi connectivity index (χ2n) is 19.9. The fourth-order valence-electron chi connectivity index (χ4n) is 7.55. The van der Waals surface area contributed by atoms with E-state index in [-0.39, 0.29) is 27.4 Å². The van der Waals surface area contributed by atoms with Gasteiger partial charge in [0.1, 0.15) is 40.2 Å². The van der Waals surface area contributed by atoms with E-state index in [0.717, 1.165) is 33.0 Å². The van der Waals surface area contributed by atoms with Crippen molar-refractivity contribution >= 4 is 38.7 Å². The molecule has 0 aliphatic rings. The van der Waals surface area contributed by atoms with E-state index in [9.17, 15) is 5.11 Å². The summed E-state index contributed by atoms with van der Waals surface area (Å²) in [5.74, 6) is 3.39. The van der Waals surface area contributed by atoms with Crippen molar-refractivity contribution in [3.05, 3.63) is 162 Å². The average Bonchev–Trinajstić information content (AvgIpc) is 3.20. The van der Waals surface area contributed by atoms with Gasteiger partial charge in [-0.1, -0.05) is 180 Å². The van der Waals surface area contributed by atoms with Gasteiger partial charge < -0.3 is 32.2 Å². The zero-order valence-electron chi connectivity index (χ0n) is 38.6. The Kier molecular flexibility index (Phi) is 13.0. The Labute approximate surface area is 376 Å². The van der Waals surface area contributed by atoms with Crippen LogP contribution in [0, 0.1) is 0 Å². The topological polar surface area (TPSA) is 75.6 Å². The van der Waals surface area contributed by atoms with Gasteiger partial charge in [0.15, 0.2) is 0 Å². The van der Waals surface area contributed by atoms with Crippen LogP contribution in [0.1, 0.15) is 105 Å². The molecule has 63 heavy (non-hydrogen) atoms. The van der Waals surface area contributed by atoms with Crippen LogP contribution in [-0.2, 0) is 21.7 Å². The van der Waals surface area contributed by atoms with Crippen LogP contribution >= 0.6 is 17.2 Å². The van der Waals surface area contributed by atoms with Crippen LogP contribution in [0.25, 0.3) is 21.5 Å². The largest absolute Gasteiger partial charge is 0.530 e. The molecule has 0 aliphatic heterocycles. The van der Waals surface area contributed by atoms with Gasteiger partial charge >= 0.3 is 17.2 Å². The highest BCUT2D eigenvalue weighted by Crippen LogP contribution is 2.53. The van der Waals surface area contributed by atoms with Gasteiger partial charge in [-0.15, -0.1) is 0 Å². The molecule has 0 bridgehead atoms. The maximum atomic E-state index is 12.6. The molecule has 0 spiro atoms. The molecule has 7 rings (SSSR count). The molecule has 9 heteroatoms. The lowest BCUT2D eigenvalue weighted by Crippen LogP contribution is -2.15. The Balaban J connectivity index is 1.34. The minimum absolute atomic E-state index is 0.0195. The molecular weight excluding hydrogens is 823 g/mol. The average molecular weight is 883 g/mol. The first-order chi connectivity index (χ1) is 29.7. The van der Waals surface area contributed by atoms with E-state index < -0.39 is 17.2 Å². The molecule has 0 fully saturated rings. The van der Waals surface area contributed by atoms with E-state index in [0.29, 0.717) is 45.3 Å². The summed E-state index contributed by atoms with van der Waals surface area (Å²) in [7, 11) is -4.26. The minimum Gasteiger partial charge on any atom is -0.506 e. The van der Waals surface area contributed by atoms with Gasteiger partial charge in [-0.2, -0.15) is 0 Å². The third-order valence-electron chi connectivity index (χ3n) is 10.7. The lowest BCUT2D eigenvalue weighted by Gasteiger charge is -2.27. The summed E-state index contributed by atoms with van der Waals surface area (Å²) in [5.41, 5.74) is 3.18. The van der Waals surface area contributed by atoms with Crippen LogP contribution in [0.15, 0.2) is 140 Å². The van der Waals surface area contributed by atoms with Gasteiger partial charge in [-0.25, -0.2) is 0 Å². The van der Waals surface area contributed by atoms with Crippen molar-refractivity contribution in [2.75, 3.05) is 0 Å². The Bertz CT molecular complexity index is 2420. The number of para-hydroxylation sites is 4. The quantitative estimate of drug-likeness (QED) is 0.0967. The van der Waals surface area contributed by atoms with Crippen LogP contribution < -0.4 is 27.1 Å². The molecule has 0 atom stereocenters. The van der Waals surface area contributed by atoms with E-state index >= 15 is 0 Å². The van der Waals surface area contributed by atoms with E-state index in [4.69, 9.17) is 27.1 Å². The molecular formula is C54H60O7P2. The number of rotatable bonds is 12. The number of aromatic hydroxyl groups is 1. The minimum atomic E-state index is -2.13. The number of fused-ring (bicyclic) bond motifs is 2. The summed E-state index contributed by atoms with van der Waals surface area (Å²) in [6, 6.07) is 45.3. The molecule has 0 amide bonds. The number of benzene rings is 7. The number of phenolic OH excluding ortho intramolecular Hbond substituents is 1. The molecule has 0 radical (unpaired) electrons. The first-order valence-corrected chi connectivity index (χ1v) is 23.6. The zero-order chi connectivity index (χ0) is 45.3. The monoisotopic (exact) mass is 882 g/mol. The lowest BCUT2D eigenvalue weighted by molar-refractivity contribution is 0.378. The van der Waals surface area contributed by atoms with Crippen molar-refractivity contribution in [1.29, 1.82) is 0 Å². The number of hydrogen-bond donors (Lipinski definition) is 1. The number of phenols is 1. The summed E-state index contributed by atoms with van der Waals surface area (Å²) in [6.45, 7) is 25.8. The number of hydrogen-bond acceptors (Lipinski definition) is 7. The maximum Gasteiger partial charge on any atom is 0.530 e. The van der Waals surface area contributed by atoms with E-state index in [1.54, 1.807) is 0 Å². The van der Waals surface area contributed by atoms with Gasteiger partial charge in [0.2, 0.25) is 0 Å². The summed E-state index contributed by atoms with van der Waals surface area (Å²) in [5, 5.41) is 15.0. The lowest BCUT2D eigenvalue weighted by atomic mass is 9.86. The summed E-state index contributed by atoms with van der Waals surface area (Å²) in [6.07, 6.45) is 0. The van der Waals surface area contributed by atoms with Crippen LogP contribution in [0.2, 0.25) is 0 Å². The van der Waals surface area contributed by atoms with Gasteiger partial charge in [0, 0.05) is 22.3 Å². The van der Waals surface area contributed by atoms with E-state index in [2.05, 4.69) is 107 Å². The second-order valence-corrected chi connectivity index (χ2v) is 21.9.